The van der Waals surface area contributed by atoms with Gasteiger partial charge in [-0.1, -0.05) is 6.92 Å². The summed E-state index contributed by atoms with van der Waals surface area (Å²) in [5.74, 6) is -0.268. The molecule has 1 rings (SSSR count). The summed E-state index contributed by atoms with van der Waals surface area (Å²) < 4.78 is 5.42. The summed E-state index contributed by atoms with van der Waals surface area (Å²) in [5.41, 5.74) is -1.09. The van der Waals surface area contributed by atoms with Gasteiger partial charge in [-0.05, 0) is 27.2 Å². The van der Waals surface area contributed by atoms with E-state index in [1.165, 1.54) is 6.20 Å². The van der Waals surface area contributed by atoms with Crippen LogP contribution in [0.4, 0.5) is 5.95 Å². The summed E-state index contributed by atoms with van der Waals surface area (Å²) in [4.78, 5) is 19.3. The lowest BCUT2D eigenvalue weighted by molar-refractivity contribution is -0.141. The predicted molar refractivity (Wildman–Crippen MR) is 67.8 cm³/mol. The molecule has 1 aromatic rings. The summed E-state index contributed by atoms with van der Waals surface area (Å²) in [7, 11) is 0. The van der Waals surface area contributed by atoms with Gasteiger partial charge in [-0.15, -0.1) is 0 Å². The maximum atomic E-state index is 11.2. The minimum absolute atomic E-state index is 0.00443. The molecule has 0 fully saturated rings. The first-order valence-electron chi connectivity index (χ1n) is 5.88. The SMILES string of the molecule is CCC(C)(Nc1nccc(OC(C)C)n1)C(=O)O. The number of aliphatic carboxylic acids is 1. The topological polar surface area (TPSA) is 84.3 Å². The number of anilines is 1. The maximum absolute atomic E-state index is 11.2. The molecule has 0 aliphatic carbocycles. The Bertz CT molecular complexity index is 423. The van der Waals surface area contributed by atoms with Crippen LogP contribution in [0.5, 0.6) is 5.88 Å². The minimum Gasteiger partial charge on any atom is -0.480 e. The number of carboxylic acid groups (broad SMARTS) is 1. The van der Waals surface area contributed by atoms with Gasteiger partial charge in [0.2, 0.25) is 11.8 Å². The first kappa shape index (κ1) is 14.2. The van der Waals surface area contributed by atoms with Crippen molar-refractivity contribution in [2.75, 3.05) is 5.32 Å². The maximum Gasteiger partial charge on any atom is 0.329 e. The normalized spacial score (nSPS) is 14.1. The third-order valence-electron chi connectivity index (χ3n) is 2.55. The molecule has 0 aliphatic rings. The Morgan fingerprint density at radius 2 is 2.28 bits per heavy atom. The standard InChI is InChI=1S/C12H19N3O3/c1-5-12(4,10(16)17)15-11-13-7-6-9(14-11)18-8(2)3/h6-8H,5H2,1-4H3,(H,16,17)(H,13,14,15). The highest BCUT2D eigenvalue weighted by atomic mass is 16.5. The van der Waals surface area contributed by atoms with Crippen LogP contribution in [0.1, 0.15) is 34.1 Å². The Balaban J connectivity index is 2.87. The third kappa shape index (κ3) is 3.58. The van der Waals surface area contributed by atoms with Crippen molar-refractivity contribution in [3.63, 3.8) is 0 Å². The van der Waals surface area contributed by atoms with Gasteiger partial charge in [-0.2, -0.15) is 4.98 Å². The van der Waals surface area contributed by atoms with Crippen molar-refractivity contribution in [1.29, 1.82) is 0 Å². The lowest BCUT2D eigenvalue weighted by Crippen LogP contribution is -2.43. The minimum atomic E-state index is -1.09. The van der Waals surface area contributed by atoms with E-state index in [0.717, 1.165) is 0 Å². The Kier molecular flexibility index (Phi) is 4.47. The molecule has 0 amide bonds. The zero-order chi connectivity index (χ0) is 13.8. The Morgan fingerprint density at radius 1 is 1.61 bits per heavy atom. The largest absolute Gasteiger partial charge is 0.480 e. The van der Waals surface area contributed by atoms with E-state index in [4.69, 9.17) is 9.84 Å². The number of nitrogens with zero attached hydrogens (tertiary/aromatic N) is 2. The number of nitrogens with one attached hydrogen (secondary N) is 1. The number of hydrogen-bond donors (Lipinski definition) is 2. The van der Waals surface area contributed by atoms with Gasteiger partial charge in [0.05, 0.1) is 6.10 Å². The van der Waals surface area contributed by atoms with Crippen molar-refractivity contribution in [2.24, 2.45) is 0 Å². The summed E-state index contributed by atoms with van der Waals surface area (Å²) in [6.45, 7) is 7.16. The molecular formula is C12H19N3O3. The fourth-order valence-electron chi connectivity index (χ4n) is 1.25. The molecule has 1 unspecified atom stereocenters. The Hall–Kier alpha value is -1.85. The molecule has 1 aromatic heterocycles. The van der Waals surface area contributed by atoms with Gasteiger partial charge in [-0.25, -0.2) is 9.78 Å². The molecule has 1 heterocycles. The average molecular weight is 253 g/mol. The highest BCUT2D eigenvalue weighted by Crippen LogP contribution is 2.17. The number of carboxylic acids is 1. The Morgan fingerprint density at radius 3 is 2.78 bits per heavy atom. The lowest BCUT2D eigenvalue weighted by atomic mass is 10.00. The number of hydrogen-bond acceptors (Lipinski definition) is 5. The zero-order valence-electron chi connectivity index (χ0n) is 11.1. The van der Waals surface area contributed by atoms with Gasteiger partial charge in [-0.3, -0.25) is 0 Å². The highest BCUT2D eigenvalue weighted by molar-refractivity contribution is 5.81. The molecule has 0 spiro atoms. The van der Waals surface area contributed by atoms with Crippen LogP contribution >= 0.6 is 0 Å². The second kappa shape index (κ2) is 5.66. The van der Waals surface area contributed by atoms with E-state index in [0.29, 0.717) is 12.3 Å². The number of aromatic nitrogens is 2. The summed E-state index contributed by atoms with van der Waals surface area (Å²) in [6, 6.07) is 1.63. The molecule has 100 valence electrons. The fourth-order valence-corrected chi connectivity index (χ4v) is 1.25. The number of carbonyl (C=O) groups is 1. The molecule has 0 radical (unpaired) electrons. The van der Waals surface area contributed by atoms with Gasteiger partial charge in [0.15, 0.2) is 0 Å². The van der Waals surface area contributed by atoms with E-state index in [-0.39, 0.29) is 12.1 Å². The second-order valence-electron chi connectivity index (χ2n) is 4.50. The zero-order valence-corrected chi connectivity index (χ0v) is 11.1. The van der Waals surface area contributed by atoms with Crippen LogP contribution in [0.3, 0.4) is 0 Å². The molecule has 2 N–H and O–H groups in total. The van der Waals surface area contributed by atoms with Gasteiger partial charge in [0.25, 0.3) is 0 Å². The smallest absolute Gasteiger partial charge is 0.329 e. The van der Waals surface area contributed by atoms with Crippen LogP contribution in [-0.2, 0) is 4.79 Å². The van der Waals surface area contributed by atoms with E-state index in [2.05, 4.69) is 15.3 Å². The van der Waals surface area contributed by atoms with Crippen LogP contribution in [0, 0.1) is 0 Å². The van der Waals surface area contributed by atoms with Crippen molar-refractivity contribution in [3.05, 3.63) is 12.3 Å². The van der Waals surface area contributed by atoms with Crippen LogP contribution in [0.2, 0.25) is 0 Å². The van der Waals surface area contributed by atoms with Gasteiger partial charge >= 0.3 is 5.97 Å². The molecule has 18 heavy (non-hydrogen) atoms. The molecule has 0 aliphatic heterocycles. The number of ether oxygens (including phenoxy) is 1. The quantitative estimate of drug-likeness (QED) is 0.805. The van der Waals surface area contributed by atoms with Crippen LogP contribution in [0.15, 0.2) is 12.3 Å². The number of rotatable bonds is 6. The average Bonchev–Trinajstić information content (AvgIpc) is 2.28. The molecule has 1 atom stereocenters. The summed E-state index contributed by atoms with van der Waals surface area (Å²) in [5, 5.41) is 12.0. The van der Waals surface area contributed by atoms with Crippen LogP contribution in [0.25, 0.3) is 0 Å². The van der Waals surface area contributed by atoms with Crippen molar-refractivity contribution in [1.82, 2.24) is 9.97 Å². The van der Waals surface area contributed by atoms with Gasteiger partial charge in [0.1, 0.15) is 5.54 Å². The molecule has 0 aromatic carbocycles. The van der Waals surface area contributed by atoms with Crippen molar-refractivity contribution < 1.29 is 14.6 Å². The summed E-state index contributed by atoms with van der Waals surface area (Å²) >= 11 is 0. The molecule has 6 nitrogen and oxygen atoms in total. The molecule has 0 saturated carbocycles. The van der Waals surface area contributed by atoms with Gasteiger partial charge in [0, 0.05) is 12.3 Å². The van der Waals surface area contributed by atoms with Crippen molar-refractivity contribution in [3.8, 4) is 5.88 Å². The molecular weight excluding hydrogens is 234 g/mol. The molecule has 0 bridgehead atoms. The first-order chi connectivity index (χ1) is 8.37. The first-order valence-corrected chi connectivity index (χ1v) is 5.88. The Labute approximate surface area is 106 Å². The van der Waals surface area contributed by atoms with E-state index in [9.17, 15) is 4.79 Å². The van der Waals surface area contributed by atoms with Crippen LogP contribution in [-0.4, -0.2) is 32.7 Å². The van der Waals surface area contributed by atoms with Gasteiger partial charge < -0.3 is 15.2 Å². The monoisotopic (exact) mass is 253 g/mol. The van der Waals surface area contributed by atoms with E-state index >= 15 is 0 Å². The van der Waals surface area contributed by atoms with E-state index in [1.54, 1.807) is 19.9 Å². The molecule has 0 saturated heterocycles. The van der Waals surface area contributed by atoms with Crippen molar-refractivity contribution in [2.45, 2.75) is 45.8 Å². The summed E-state index contributed by atoms with van der Waals surface area (Å²) in [6.07, 6.45) is 1.95. The second-order valence-corrected chi connectivity index (χ2v) is 4.50. The third-order valence-corrected chi connectivity index (χ3v) is 2.55. The van der Waals surface area contributed by atoms with E-state index < -0.39 is 11.5 Å². The predicted octanol–water partition coefficient (Wildman–Crippen LogP) is 1.93. The van der Waals surface area contributed by atoms with Crippen molar-refractivity contribution >= 4 is 11.9 Å². The lowest BCUT2D eigenvalue weighted by Gasteiger charge is -2.24. The highest BCUT2D eigenvalue weighted by Gasteiger charge is 2.31. The van der Waals surface area contributed by atoms with Crippen LogP contribution < -0.4 is 10.1 Å². The van der Waals surface area contributed by atoms with E-state index in [1.807, 2.05) is 13.8 Å². The fraction of sp³-hybridized carbons (Fsp3) is 0.583. The molecule has 6 heteroatoms.